The number of sulfonamides is 1. The summed E-state index contributed by atoms with van der Waals surface area (Å²) in [5, 5.41) is 2.66. The zero-order valence-corrected chi connectivity index (χ0v) is 19.2. The highest BCUT2D eigenvalue weighted by molar-refractivity contribution is 7.89. The Kier molecular flexibility index (Phi) is 8.39. The molecule has 11 heteroatoms. The first-order valence-electron chi connectivity index (χ1n) is 10.2. The second kappa shape index (κ2) is 11.4. The average Bonchev–Trinajstić information content (AvgIpc) is 3.35. The van der Waals surface area contributed by atoms with Crippen molar-refractivity contribution >= 4 is 21.8 Å². The molecule has 34 heavy (non-hydrogen) atoms. The van der Waals surface area contributed by atoms with Crippen molar-refractivity contribution in [3.63, 3.8) is 0 Å². The fourth-order valence-corrected chi connectivity index (χ4v) is 3.94. The van der Waals surface area contributed by atoms with E-state index in [9.17, 15) is 22.4 Å². The Balaban J connectivity index is 1.62. The molecule has 0 atom stereocenters. The van der Waals surface area contributed by atoms with Crippen LogP contribution in [0.2, 0.25) is 0 Å². The lowest BCUT2D eigenvalue weighted by Gasteiger charge is -2.21. The molecule has 0 radical (unpaired) electrons. The van der Waals surface area contributed by atoms with Crippen molar-refractivity contribution in [3.8, 4) is 5.75 Å². The third kappa shape index (κ3) is 7.15. The van der Waals surface area contributed by atoms with Gasteiger partial charge in [-0.05, 0) is 54.1 Å². The quantitative estimate of drug-likeness (QED) is 0.426. The summed E-state index contributed by atoms with van der Waals surface area (Å²) in [5.74, 6) is -0.556. The largest absolute Gasteiger partial charge is 0.497 e. The number of furan rings is 1. The zero-order valence-electron chi connectivity index (χ0n) is 18.4. The summed E-state index contributed by atoms with van der Waals surface area (Å²) in [6.45, 7) is -0.767. The number of halogens is 1. The molecule has 2 N–H and O–H groups in total. The van der Waals surface area contributed by atoms with Gasteiger partial charge in [0.2, 0.25) is 21.8 Å². The molecule has 0 unspecified atom stereocenters. The maximum atomic E-state index is 13.0. The topological polar surface area (TPSA) is 118 Å². The molecule has 0 saturated carbocycles. The van der Waals surface area contributed by atoms with Crippen LogP contribution in [0, 0.1) is 5.82 Å². The number of carbonyl (C=O) groups excluding carboxylic acids is 2. The van der Waals surface area contributed by atoms with Crippen LogP contribution in [0.5, 0.6) is 5.75 Å². The first-order chi connectivity index (χ1) is 16.3. The van der Waals surface area contributed by atoms with Crippen LogP contribution in [0.25, 0.3) is 0 Å². The van der Waals surface area contributed by atoms with E-state index in [1.54, 1.807) is 12.1 Å². The number of hydrogen-bond donors (Lipinski definition) is 2. The number of amides is 2. The highest BCUT2D eigenvalue weighted by Gasteiger charge is 2.22. The van der Waals surface area contributed by atoms with E-state index in [0.717, 1.165) is 0 Å². The normalized spacial score (nSPS) is 11.1. The standard InChI is InChI=1S/C23H24FN3O6S/c1-32-19-8-10-21(11-9-19)34(30,31)26-14-23(29)27(15-20-3-2-12-33-20)16-22(28)25-13-17-4-6-18(24)7-5-17/h2-12,26H,13-16H2,1H3,(H,25,28). The van der Waals surface area contributed by atoms with Gasteiger partial charge in [0.1, 0.15) is 23.9 Å². The minimum atomic E-state index is -3.96. The van der Waals surface area contributed by atoms with Crippen molar-refractivity contribution in [3.05, 3.63) is 84.1 Å². The van der Waals surface area contributed by atoms with E-state index in [0.29, 0.717) is 17.1 Å². The van der Waals surface area contributed by atoms with E-state index in [-0.39, 0.29) is 30.3 Å². The Morgan fingerprint density at radius 1 is 1.06 bits per heavy atom. The molecule has 1 aromatic heterocycles. The molecule has 2 aromatic carbocycles. The number of ether oxygens (including phenoxy) is 1. The number of carbonyl (C=O) groups is 2. The maximum absolute atomic E-state index is 13.0. The molecule has 3 aromatic rings. The lowest BCUT2D eigenvalue weighted by molar-refractivity contribution is -0.136. The number of benzene rings is 2. The van der Waals surface area contributed by atoms with Gasteiger partial charge in [0.15, 0.2) is 0 Å². The van der Waals surface area contributed by atoms with Crippen molar-refractivity contribution in [2.45, 2.75) is 18.0 Å². The summed E-state index contributed by atoms with van der Waals surface area (Å²) in [4.78, 5) is 26.4. The molecule has 1 heterocycles. The smallest absolute Gasteiger partial charge is 0.241 e. The van der Waals surface area contributed by atoms with Gasteiger partial charge in [0, 0.05) is 6.54 Å². The van der Waals surface area contributed by atoms with Crippen molar-refractivity contribution in [1.82, 2.24) is 14.9 Å². The predicted octanol–water partition coefficient (Wildman–Crippen LogP) is 2.05. The van der Waals surface area contributed by atoms with Crippen LogP contribution >= 0.6 is 0 Å². The fraction of sp³-hybridized carbons (Fsp3) is 0.217. The summed E-state index contributed by atoms with van der Waals surface area (Å²) in [6.07, 6.45) is 1.43. The van der Waals surface area contributed by atoms with Gasteiger partial charge >= 0.3 is 0 Å². The van der Waals surface area contributed by atoms with Crippen molar-refractivity contribution in [2.24, 2.45) is 0 Å². The molecule has 3 rings (SSSR count). The molecule has 0 aliphatic rings. The summed E-state index contributed by atoms with van der Waals surface area (Å²) < 4.78 is 50.6. The predicted molar refractivity (Wildman–Crippen MR) is 121 cm³/mol. The van der Waals surface area contributed by atoms with Crippen LogP contribution in [0.3, 0.4) is 0 Å². The molecule has 180 valence electrons. The molecule has 0 aliphatic carbocycles. The Labute approximate surface area is 196 Å². The number of rotatable bonds is 11. The van der Waals surface area contributed by atoms with Gasteiger partial charge < -0.3 is 19.4 Å². The highest BCUT2D eigenvalue weighted by atomic mass is 32.2. The second-order valence-corrected chi connectivity index (χ2v) is 9.00. The Morgan fingerprint density at radius 2 is 1.76 bits per heavy atom. The Hall–Kier alpha value is -3.70. The Bertz CT molecular complexity index is 1200. The van der Waals surface area contributed by atoms with Crippen LogP contribution in [-0.4, -0.2) is 45.3 Å². The molecule has 9 nitrogen and oxygen atoms in total. The van der Waals surface area contributed by atoms with Crippen LogP contribution in [-0.2, 0) is 32.7 Å². The summed E-state index contributed by atoms with van der Waals surface area (Å²) in [7, 11) is -2.50. The van der Waals surface area contributed by atoms with E-state index in [2.05, 4.69) is 10.0 Å². The molecular formula is C23H24FN3O6S. The molecule has 0 fully saturated rings. The van der Waals surface area contributed by atoms with Crippen LogP contribution in [0.4, 0.5) is 4.39 Å². The molecule has 2 amide bonds. The maximum Gasteiger partial charge on any atom is 0.241 e. The number of nitrogens with zero attached hydrogens (tertiary/aromatic N) is 1. The Morgan fingerprint density at radius 3 is 2.38 bits per heavy atom. The zero-order chi connectivity index (χ0) is 24.6. The number of nitrogens with one attached hydrogen (secondary N) is 2. The fourth-order valence-electron chi connectivity index (χ4n) is 2.96. The van der Waals surface area contributed by atoms with Gasteiger partial charge in [-0.2, -0.15) is 0 Å². The lowest BCUT2D eigenvalue weighted by atomic mass is 10.2. The number of methoxy groups -OCH3 is 1. The van der Waals surface area contributed by atoms with Gasteiger partial charge in [0.05, 0.1) is 31.4 Å². The first kappa shape index (κ1) is 24.9. The molecule has 0 saturated heterocycles. The summed E-state index contributed by atoms with van der Waals surface area (Å²) in [5.41, 5.74) is 0.686. The van der Waals surface area contributed by atoms with E-state index in [1.165, 1.54) is 66.8 Å². The van der Waals surface area contributed by atoms with Gasteiger partial charge in [-0.3, -0.25) is 9.59 Å². The summed E-state index contributed by atoms with van der Waals surface area (Å²) in [6, 6.07) is 14.6. The summed E-state index contributed by atoms with van der Waals surface area (Å²) >= 11 is 0. The van der Waals surface area contributed by atoms with E-state index < -0.39 is 28.4 Å². The minimum Gasteiger partial charge on any atom is -0.497 e. The molecule has 0 bridgehead atoms. The van der Waals surface area contributed by atoms with Crippen LogP contribution in [0.1, 0.15) is 11.3 Å². The van der Waals surface area contributed by atoms with Gasteiger partial charge in [-0.15, -0.1) is 0 Å². The molecule has 0 aliphatic heterocycles. The molecule has 0 spiro atoms. The van der Waals surface area contributed by atoms with E-state index in [1.807, 2.05) is 0 Å². The van der Waals surface area contributed by atoms with Crippen molar-refractivity contribution < 1.29 is 31.6 Å². The van der Waals surface area contributed by atoms with Gasteiger partial charge in [-0.1, -0.05) is 12.1 Å². The minimum absolute atomic E-state index is 0.0277. The molecular weight excluding hydrogens is 465 g/mol. The van der Waals surface area contributed by atoms with Crippen molar-refractivity contribution in [1.29, 1.82) is 0 Å². The highest BCUT2D eigenvalue weighted by Crippen LogP contribution is 2.15. The first-order valence-corrected chi connectivity index (χ1v) is 11.7. The van der Waals surface area contributed by atoms with Crippen LogP contribution < -0.4 is 14.8 Å². The lowest BCUT2D eigenvalue weighted by Crippen LogP contribution is -2.44. The second-order valence-electron chi connectivity index (χ2n) is 7.23. The van der Waals surface area contributed by atoms with Crippen molar-refractivity contribution in [2.75, 3.05) is 20.2 Å². The van der Waals surface area contributed by atoms with E-state index >= 15 is 0 Å². The number of hydrogen-bond acceptors (Lipinski definition) is 6. The monoisotopic (exact) mass is 489 g/mol. The van der Waals surface area contributed by atoms with Gasteiger partial charge in [0.25, 0.3) is 0 Å². The van der Waals surface area contributed by atoms with E-state index in [4.69, 9.17) is 9.15 Å². The average molecular weight is 490 g/mol. The van der Waals surface area contributed by atoms with Crippen LogP contribution in [0.15, 0.2) is 76.2 Å². The third-order valence-electron chi connectivity index (χ3n) is 4.80. The van der Waals surface area contributed by atoms with Gasteiger partial charge in [-0.25, -0.2) is 17.5 Å². The SMILES string of the molecule is COc1ccc(S(=O)(=O)NCC(=O)N(CC(=O)NCc2ccc(F)cc2)Cc2ccco2)cc1. The third-order valence-corrected chi connectivity index (χ3v) is 6.22.